The zero-order valence-electron chi connectivity index (χ0n) is 13.1. The van der Waals surface area contributed by atoms with Gasteiger partial charge in [-0.25, -0.2) is 0 Å². The summed E-state index contributed by atoms with van der Waals surface area (Å²) in [4.78, 5) is 0. The van der Waals surface area contributed by atoms with E-state index in [0.717, 1.165) is 18.6 Å². The molecule has 0 heterocycles. The van der Waals surface area contributed by atoms with Gasteiger partial charge in [-0.3, -0.25) is 0 Å². The number of ether oxygens (including phenoxy) is 2. The number of methoxy groups -OCH3 is 2. The standard InChI is InChI=1S/C15H27F3O2/c1-6-11(7-2)13(19-4)9-14(20-5)12(8-3)10-15(16,17)18/h9,11-12,14H,6-8,10H2,1-5H3/b13-9-. The lowest BCUT2D eigenvalue weighted by atomic mass is 9.92. The summed E-state index contributed by atoms with van der Waals surface area (Å²) in [5, 5.41) is 0. The number of rotatable bonds is 9. The fraction of sp³-hybridized carbons (Fsp3) is 0.867. The van der Waals surface area contributed by atoms with Crippen molar-refractivity contribution < 1.29 is 22.6 Å². The van der Waals surface area contributed by atoms with E-state index in [1.165, 1.54) is 7.11 Å². The fourth-order valence-corrected chi connectivity index (χ4v) is 2.41. The molecule has 0 amide bonds. The van der Waals surface area contributed by atoms with Gasteiger partial charge in [0.25, 0.3) is 0 Å². The third-order valence-corrected chi connectivity index (χ3v) is 3.71. The van der Waals surface area contributed by atoms with Gasteiger partial charge in [-0.2, -0.15) is 13.2 Å². The van der Waals surface area contributed by atoms with Crippen molar-refractivity contribution in [3.8, 4) is 0 Å². The summed E-state index contributed by atoms with van der Waals surface area (Å²) in [7, 11) is 3.00. The topological polar surface area (TPSA) is 18.5 Å². The van der Waals surface area contributed by atoms with E-state index in [1.807, 2.05) is 13.8 Å². The highest BCUT2D eigenvalue weighted by molar-refractivity contribution is 5.04. The molecule has 0 aliphatic rings. The molecule has 0 N–H and O–H groups in total. The predicted molar refractivity (Wildman–Crippen MR) is 74.4 cm³/mol. The minimum Gasteiger partial charge on any atom is -0.501 e. The average Bonchev–Trinajstić information content (AvgIpc) is 2.40. The Labute approximate surface area is 120 Å². The third-order valence-electron chi connectivity index (χ3n) is 3.71. The van der Waals surface area contributed by atoms with Crippen LogP contribution in [0.1, 0.15) is 46.5 Å². The highest BCUT2D eigenvalue weighted by atomic mass is 19.4. The number of allylic oxidation sites excluding steroid dienone is 1. The molecule has 0 radical (unpaired) electrons. The molecule has 0 rings (SSSR count). The molecule has 0 aromatic carbocycles. The Balaban J connectivity index is 5.10. The van der Waals surface area contributed by atoms with Gasteiger partial charge in [0.2, 0.25) is 0 Å². The molecule has 0 fully saturated rings. The smallest absolute Gasteiger partial charge is 0.389 e. The second-order valence-corrected chi connectivity index (χ2v) is 4.97. The van der Waals surface area contributed by atoms with Gasteiger partial charge in [-0.1, -0.05) is 27.2 Å². The first-order chi connectivity index (χ1) is 9.32. The molecule has 20 heavy (non-hydrogen) atoms. The molecule has 2 unspecified atom stereocenters. The van der Waals surface area contributed by atoms with Crippen LogP contribution in [0.2, 0.25) is 0 Å². The second kappa shape index (κ2) is 9.27. The summed E-state index contributed by atoms with van der Waals surface area (Å²) < 4.78 is 48.4. The van der Waals surface area contributed by atoms with Crippen LogP contribution in [0, 0.1) is 11.8 Å². The van der Waals surface area contributed by atoms with E-state index in [4.69, 9.17) is 9.47 Å². The molecule has 0 aromatic heterocycles. The van der Waals surface area contributed by atoms with Crippen molar-refractivity contribution >= 4 is 0 Å². The van der Waals surface area contributed by atoms with Crippen molar-refractivity contribution in [2.45, 2.75) is 58.7 Å². The van der Waals surface area contributed by atoms with E-state index in [1.54, 1.807) is 20.1 Å². The Morgan fingerprint density at radius 3 is 1.90 bits per heavy atom. The molecule has 0 saturated carbocycles. The summed E-state index contributed by atoms with van der Waals surface area (Å²) in [6.07, 6.45) is -1.67. The SMILES string of the molecule is CCC(CC)/C(=C/C(OC)C(CC)CC(F)(F)F)OC. The molecule has 0 aromatic rings. The summed E-state index contributed by atoms with van der Waals surface area (Å²) >= 11 is 0. The summed E-state index contributed by atoms with van der Waals surface area (Å²) in [6.45, 7) is 5.82. The van der Waals surface area contributed by atoms with Gasteiger partial charge in [0.05, 0.1) is 19.0 Å². The molecule has 120 valence electrons. The van der Waals surface area contributed by atoms with Gasteiger partial charge in [-0.15, -0.1) is 0 Å². The van der Waals surface area contributed by atoms with Crippen molar-refractivity contribution in [2.75, 3.05) is 14.2 Å². The van der Waals surface area contributed by atoms with Crippen LogP contribution in [-0.2, 0) is 9.47 Å². The largest absolute Gasteiger partial charge is 0.501 e. The monoisotopic (exact) mass is 296 g/mol. The lowest BCUT2D eigenvalue weighted by Gasteiger charge is -2.25. The molecule has 0 spiro atoms. The lowest BCUT2D eigenvalue weighted by Crippen LogP contribution is -2.27. The Morgan fingerprint density at radius 2 is 1.60 bits per heavy atom. The quantitative estimate of drug-likeness (QED) is 0.561. The maximum absolute atomic E-state index is 12.6. The van der Waals surface area contributed by atoms with E-state index in [2.05, 4.69) is 0 Å². The van der Waals surface area contributed by atoms with Crippen LogP contribution in [0.15, 0.2) is 11.8 Å². The first-order valence-electron chi connectivity index (χ1n) is 7.18. The zero-order chi connectivity index (χ0) is 15.8. The molecule has 2 atom stereocenters. The van der Waals surface area contributed by atoms with Gasteiger partial charge < -0.3 is 9.47 Å². The van der Waals surface area contributed by atoms with Crippen LogP contribution in [0.3, 0.4) is 0 Å². The van der Waals surface area contributed by atoms with E-state index in [0.29, 0.717) is 6.42 Å². The number of alkyl halides is 3. The molecule has 0 aliphatic carbocycles. The average molecular weight is 296 g/mol. The Hall–Kier alpha value is -0.710. The lowest BCUT2D eigenvalue weighted by molar-refractivity contribution is -0.152. The summed E-state index contributed by atoms with van der Waals surface area (Å²) in [5.74, 6) is 0.364. The summed E-state index contributed by atoms with van der Waals surface area (Å²) in [5.41, 5.74) is 0. The highest BCUT2D eigenvalue weighted by Gasteiger charge is 2.34. The maximum Gasteiger partial charge on any atom is 0.389 e. The first kappa shape index (κ1) is 19.3. The third kappa shape index (κ3) is 6.64. The van der Waals surface area contributed by atoms with Crippen molar-refractivity contribution in [1.82, 2.24) is 0 Å². The minimum atomic E-state index is -4.17. The predicted octanol–water partition coefficient (Wildman–Crippen LogP) is 4.95. The first-order valence-corrected chi connectivity index (χ1v) is 7.18. The van der Waals surface area contributed by atoms with E-state index < -0.39 is 24.6 Å². The van der Waals surface area contributed by atoms with Crippen molar-refractivity contribution in [2.24, 2.45) is 11.8 Å². The van der Waals surface area contributed by atoms with E-state index in [-0.39, 0.29) is 5.92 Å². The number of hydrogen-bond donors (Lipinski definition) is 0. The van der Waals surface area contributed by atoms with Gasteiger partial charge >= 0.3 is 6.18 Å². The minimum absolute atomic E-state index is 0.223. The van der Waals surface area contributed by atoms with Crippen molar-refractivity contribution in [3.05, 3.63) is 11.8 Å². The van der Waals surface area contributed by atoms with E-state index >= 15 is 0 Å². The van der Waals surface area contributed by atoms with E-state index in [9.17, 15) is 13.2 Å². The molecular formula is C15H27F3O2. The summed E-state index contributed by atoms with van der Waals surface area (Å²) in [6, 6.07) is 0. The van der Waals surface area contributed by atoms with Crippen molar-refractivity contribution in [3.63, 3.8) is 0 Å². The van der Waals surface area contributed by atoms with Gasteiger partial charge in [-0.05, 0) is 24.8 Å². The number of halogens is 3. The van der Waals surface area contributed by atoms with Gasteiger partial charge in [0.15, 0.2) is 0 Å². The molecule has 0 aliphatic heterocycles. The Bertz CT molecular complexity index is 283. The molecule has 0 bridgehead atoms. The van der Waals surface area contributed by atoms with Crippen LogP contribution < -0.4 is 0 Å². The van der Waals surface area contributed by atoms with Crippen LogP contribution in [0.25, 0.3) is 0 Å². The highest BCUT2D eigenvalue weighted by Crippen LogP contribution is 2.31. The normalized spacial score (nSPS) is 16.4. The molecular weight excluding hydrogens is 269 g/mol. The van der Waals surface area contributed by atoms with Crippen molar-refractivity contribution in [1.29, 1.82) is 0 Å². The molecule has 2 nitrogen and oxygen atoms in total. The Kier molecular flexibility index (Phi) is 8.94. The van der Waals surface area contributed by atoms with Gasteiger partial charge in [0.1, 0.15) is 0 Å². The van der Waals surface area contributed by atoms with Crippen LogP contribution in [0.4, 0.5) is 13.2 Å². The molecule has 5 heteroatoms. The second-order valence-electron chi connectivity index (χ2n) is 4.97. The fourth-order valence-electron chi connectivity index (χ4n) is 2.41. The number of hydrogen-bond acceptors (Lipinski definition) is 2. The molecule has 0 saturated heterocycles. The zero-order valence-corrected chi connectivity index (χ0v) is 13.1. The van der Waals surface area contributed by atoms with Crippen LogP contribution >= 0.6 is 0 Å². The Morgan fingerprint density at radius 1 is 1.05 bits per heavy atom. The maximum atomic E-state index is 12.6. The van der Waals surface area contributed by atoms with Crippen LogP contribution in [0.5, 0.6) is 0 Å². The van der Waals surface area contributed by atoms with Gasteiger partial charge in [0, 0.05) is 19.4 Å². The van der Waals surface area contributed by atoms with Crippen LogP contribution in [-0.4, -0.2) is 26.5 Å².